The maximum Gasteiger partial charge on any atom is 0.407 e. The van der Waals surface area contributed by atoms with Crippen molar-refractivity contribution in [1.82, 2.24) is 10.2 Å². The SMILES string of the molecule is CCCCC(NC(=O)OCC1c2ccccc2-c2ccccc21)C(=O)N1CCCC1(CC)C(=O)O. The van der Waals surface area contributed by atoms with E-state index in [-0.39, 0.29) is 18.4 Å². The van der Waals surface area contributed by atoms with E-state index in [0.717, 1.165) is 35.1 Å². The Morgan fingerprint density at radius 2 is 1.71 bits per heavy atom. The third kappa shape index (κ3) is 4.64. The van der Waals surface area contributed by atoms with Crippen LogP contribution in [-0.2, 0) is 14.3 Å². The van der Waals surface area contributed by atoms with Crippen LogP contribution in [0.15, 0.2) is 48.5 Å². The van der Waals surface area contributed by atoms with Crippen LogP contribution in [-0.4, -0.2) is 52.7 Å². The summed E-state index contributed by atoms with van der Waals surface area (Å²) in [5.41, 5.74) is 3.32. The zero-order chi connectivity index (χ0) is 25.0. The van der Waals surface area contributed by atoms with E-state index < -0.39 is 23.6 Å². The van der Waals surface area contributed by atoms with Gasteiger partial charge in [-0.2, -0.15) is 0 Å². The molecular formula is C28H34N2O5. The average molecular weight is 479 g/mol. The van der Waals surface area contributed by atoms with Gasteiger partial charge >= 0.3 is 12.1 Å². The molecule has 1 saturated heterocycles. The molecule has 4 rings (SSSR count). The first-order valence-electron chi connectivity index (χ1n) is 12.6. The van der Waals surface area contributed by atoms with Crippen LogP contribution >= 0.6 is 0 Å². The summed E-state index contributed by atoms with van der Waals surface area (Å²) in [6.45, 7) is 4.35. The molecular weight excluding hydrogens is 444 g/mol. The first kappa shape index (κ1) is 24.8. The molecule has 2 aromatic carbocycles. The summed E-state index contributed by atoms with van der Waals surface area (Å²) >= 11 is 0. The summed E-state index contributed by atoms with van der Waals surface area (Å²) in [7, 11) is 0. The Labute approximate surface area is 206 Å². The molecule has 0 radical (unpaired) electrons. The Morgan fingerprint density at radius 3 is 2.29 bits per heavy atom. The number of carbonyl (C=O) groups excluding carboxylic acids is 2. The maximum atomic E-state index is 13.4. The molecule has 2 aliphatic rings. The van der Waals surface area contributed by atoms with Gasteiger partial charge in [0.15, 0.2) is 0 Å². The molecule has 1 heterocycles. The molecule has 2 aromatic rings. The van der Waals surface area contributed by atoms with Crippen molar-refractivity contribution < 1.29 is 24.2 Å². The van der Waals surface area contributed by atoms with Gasteiger partial charge in [0.2, 0.25) is 5.91 Å². The molecule has 0 aromatic heterocycles. The number of rotatable bonds is 9. The number of hydrogen-bond acceptors (Lipinski definition) is 4. The number of aliphatic carboxylic acids is 1. The number of alkyl carbamates (subject to hydrolysis) is 1. The second-order valence-electron chi connectivity index (χ2n) is 9.45. The molecule has 2 N–H and O–H groups in total. The minimum atomic E-state index is -1.20. The number of unbranched alkanes of at least 4 members (excludes halogenated alkanes) is 1. The van der Waals surface area contributed by atoms with Crippen LogP contribution in [0.3, 0.4) is 0 Å². The number of nitrogens with zero attached hydrogens (tertiary/aromatic N) is 1. The third-order valence-electron chi connectivity index (χ3n) is 7.52. The van der Waals surface area contributed by atoms with Crippen molar-refractivity contribution in [2.75, 3.05) is 13.2 Å². The predicted molar refractivity (Wildman–Crippen MR) is 133 cm³/mol. The predicted octanol–water partition coefficient (Wildman–Crippen LogP) is 4.94. The van der Waals surface area contributed by atoms with E-state index in [1.54, 1.807) is 6.92 Å². The monoisotopic (exact) mass is 478 g/mol. The number of carboxylic acid groups (broad SMARTS) is 1. The lowest BCUT2D eigenvalue weighted by molar-refractivity contribution is -0.157. The molecule has 2 amide bonds. The van der Waals surface area contributed by atoms with Crippen LogP contribution in [0, 0.1) is 0 Å². The number of carboxylic acids is 1. The summed E-state index contributed by atoms with van der Waals surface area (Å²) in [6, 6.07) is 15.4. The molecule has 186 valence electrons. The topological polar surface area (TPSA) is 95.9 Å². The first-order chi connectivity index (χ1) is 16.9. The Kier molecular flexibility index (Phi) is 7.43. The number of amides is 2. The fourth-order valence-electron chi connectivity index (χ4n) is 5.58. The molecule has 7 nitrogen and oxygen atoms in total. The zero-order valence-electron chi connectivity index (χ0n) is 20.5. The summed E-state index contributed by atoms with van der Waals surface area (Å²) in [6.07, 6.45) is 2.77. The summed E-state index contributed by atoms with van der Waals surface area (Å²) < 4.78 is 5.65. The van der Waals surface area contributed by atoms with Crippen molar-refractivity contribution in [3.8, 4) is 11.1 Å². The Balaban J connectivity index is 1.46. The van der Waals surface area contributed by atoms with E-state index in [2.05, 4.69) is 29.6 Å². The Hall–Kier alpha value is -3.35. The molecule has 2 unspecified atom stereocenters. The van der Waals surface area contributed by atoms with Crippen molar-refractivity contribution >= 4 is 18.0 Å². The van der Waals surface area contributed by atoms with E-state index in [1.165, 1.54) is 4.90 Å². The molecule has 1 aliphatic heterocycles. The fourth-order valence-corrected chi connectivity index (χ4v) is 5.58. The van der Waals surface area contributed by atoms with E-state index in [4.69, 9.17) is 4.74 Å². The lowest BCUT2D eigenvalue weighted by Crippen LogP contribution is -2.58. The molecule has 1 aliphatic carbocycles. The molecule has 0 spiro atoms. The number of ether oxygens (including phenoxy) is 1. The van der Waals surface area contributed by atoms with Gasteiger partial charge in [-0.05, 0) is 47.9 Å². The second kappa shape index (κ2) is 10.5. The van der Waals surface area contributed by atoms with Crippen molar-refractivity contribution in [3.63, 3.8) is 0 Å². The average Bonchev–Trinajstić information content (AvgIpc) is 3.45. The minimum Gasteiger partial charge on any atom is -0.479 e. The first-order valence-corrected chi connectivity index (χ1v) is 12.6. The van der Waals surface area contributed by atoms with Gasteiger partial charge in [-0.1, -0.05) is 75.2 Å². The van der Waals surface area contributed by atoms with Crippen molar-refractivity contribution in [3.05, 3.63) is 59.7 Å². The molecule has 7 heteroatoms. The normalized spacial score (nSPS) is 19.7. The van der Waals surface area contributed by atoms with Gasteiger partial charge in [0.1, 0.15) is 18.2 Å². The highest BCUT2D eigenvalue weighted by Crippen LogP contribution is 2.44. The quantitative estimate of drug-likeness (QED) is 0.532. The van der Waals surface area contributed by atoms with Gasteiger partial charge in [0.25, 0.3) is 0 Å². The molecule has 1 fully saturated rings. The van der Waals surface area contributed by atoms with E-state index in [0.29, 0.717) is 32.2 Å². The third-order valence-corrected chi connectivity index (χ3v) is 7.52. The lowest BCUT2D eigenvalue weighted by atomic mass is 9.92. The largest absolute Gasteiger partial charge is 0.479 e. The molecule has 35 heavy (non-hydrogen) atoms. The van der Waals surface area contributed by atoms with Crippen LogP contribution in [0.4, 0.5) is 4.79 Å². The molecule has 2 atom stereocenters. The van der Waals surface area contributed by atoms with Crippen LogP contribution in [0.5, 0.6) is 0 Å². The summed E-state index contributed by atoms with van der Waals surface area (Å²) in [5.74, 6) is -1.40. The number of carbonyl (C=O) groups is 3. The van der Waals surface area contributed by atoms with Gasteiger partial charge in [-0.25, -0.2) is 9.59 Å². The van der Waals surface area contributed by atoms with Gasteiger partial charge in [0.05, 0.1) is 0 Å². The van der Waals surface area contributed by atoms with Gasteiger partial charge in [-0.3, -0.25) is 4.79 Å². The number of benzene rings is 2. The van der Waals surface area contributed by atoms with Crippen molar-refractivity contribution in [2.24, 2.45) is 0 Å². The summed E-state index contributed by atoms with van der Waals surface area (Å²) in [5, 5.41) is 12.6. The summed E-state index contributed by atoms with van der Waals surface area (Å²) in [4.78, 5) is 39.8. The number of nitrogens with one attached hydrogen (secondary N) is 1. The minimum absolute atomic E-state index is 0.0729. The van der Waals surface area contributed by atoms with E-state index >= 15 is 0 Å². The second-order valence-corrected chi connectivity index (χ2v) is 9.45. The van der Waals surface area contributed by atoms with Crippen LogP contribution in [0.1, 0.15) is 69.4 Å². The highest BCUT2D eigenvalue weighted by atomic mass is 16.5. The number of likely N-dealkylation sites (tertiary alicyclic amines) is 1. The van der Waals surface area contributed by atoms with Crippen LogP contribution < -0.4 is 5.32 Å². The standard InChI is InChI=1S/C28H34N2O5/c1-3-5-15-24(25(31)30-17-10-16-28(30,4-2)26(32)33)29-27(34)35-18-23-21-13-8-6-11-19(21)20-12-7-9-14-22(20)23/h6-9,11-14,23-24H,3-5,10,15-18H2,1-2H3,(H,29,34)(H,32,33). The van der Waals surface area contributed by atoms with Crippen molar-refractivity contribution in [2.45, 2.75) is 69.9 Å². The molecule has 0 saturated carbocycles. The molecule has 0 bridgehead atoms. The van der Waals surface area contributed by atoms with Gasteiger partial charge in [-0.15, -0.1) is 0 Å². The number of hydrogen-bond donors (Lipinski definition) is 2. The van der Waals surface area contributed by atoms with E-state index in [9.17, 15) is 19.5 Å². The van der Waals surface area contributed by atoms with Gasteiger partial charge < -0.3 is 20.1 Å². The van der Waals surface area contributed by atoms with Gasteiger partial charge in [0, 0.05) is 12.5 Å². The van der Waals surface area contributed by atoms with Crippen LogP contribution in [0.2, 0.25) is 0 Å². The lowest BCUT2D eigenvalue weighted by Gasteiger charge is -2.36. The zero-order valence-corrected chi connectivity index (χ0v) is 20.5. The highest BCUT2D eigenvalue weighted by molar-refractivity contribution is 5.92. The highest BCUT2D eigenvalue weighted by Gasteiger charge is 2.49. The number of fused-ring (bicyclic) bond motifs is 3. The maximum absolute atomic E-state index is 13.4. The smallest absolute Gasteiger partial charge is 0.407 e. The van der Waals surface area contributed by atoms with Crippen molar-refractivity contribution in [1.29, 1.82) is 0 Å². The fraction of sp³-hybridized carbons (Fsp3) is 0.464. The van der Waals surface area contributed by atoms with E-state index in [1.807, 2.05) is 31.2 Å². The Bertz CT molecular complexity index is 1050. The Morgan fingerprint density at radius 1 is 1.09 bits per heavy atom. The van der Waals surface area contributed by atoms with Crippen LogP contribution in [0.25, 0.3) is 11.1 Å².